The number of ether oxygens (including phenoxy) is 1. The summed E-state index contributed by atoms with van der Waals surface area (Å²) < 4.78 is 8.93. The van der Waals surface area contributed by atoms with Gasteiger partial charge in [0, 0.05) is 0 Å². The second kappa shape index (κ2) is 4.21. The van der Waals surface area contributed by atoms with Gasteiger partial charge >= 0.3 is 5.97 Å². The SMILES string of the molecule is CC(C)(C)OC(=O)c1n[nH]nc1-c1cnns1. The van der Waals surface area contributed by atoms with Crippen LogP contribution in [0.25, 0.3) is 10.6 Å². The fourth-order valence-electron chi connectivity index (χ4n) is 1.14. The van der Waals surface area contributed by atoms with Crippen molar-refractivity contribution in [2.75, 3.05) is 0 Å². The third-order valence-electron chi connectivity index (χ3n) is 1.73. The molecule has 0 fully saturated rings. The van der Waals surface area contributed by atoms with E-state index in [4.69, 9.17) is 4.74 Å². The fraction of sp³-hybridized carbons (Fsp3) is 0.444. The van der Waals surface area contributed by atoms with E-state index in [2.05, 4.69) is 25.0 Å². The number of aromatic amines is 1. The monoisotopic (exact) mass is 253 g/mol. The second-order valence-electron chi connectivity index (χ2n) is 4.30. The van der Waals surface area contributed by atoms with Gasteiger partial charge in [-0.1, -0.05) is 4.49 Å². The van der Waals surface area contributed by atoms with Gasteiger partial charge in [-0.15, -0.1) is 10.2 Å². The van der Waals surface area contributed by atoms with E-state index in [9.17, 15) is 4.79 Å². The standard InChI is InChI=1S/C9H11N5O2S/c1-9(2,3)16-8(15)7-6(11-13-12-7)5-4-10-14-17-5/h4H,1-3H3,(H,11,12,13). The molecule has 0 aliphatic carbocycles. The Bertz CT molecular complexity index is 514. The van der Waals surface area contributed by atoms with Crippen LogP contribution in [-0.4, -0.2) is 36.6 Å². The van der Waals surface area contributed by atoms with Crippen LogP contribution in [0.1, 0.15) is 31.3 Å². The zero-order valence-corrected chi connectivity index (χ0v) is 10.4. The van der Waals surface area contributed by atoms with Crippen molar-refractivity contribution < 1.29 is 9.53 Å². The van der Waals surface area contributed by atoms with Gasteiger partial charge in [0.15, 0.2) is 5.69 Å². The van der Waals surface area contributed by atoms with Crippen LogP contribution in [0, 0.1) is 0 Å². The number of hydrogen-bond acceptors (Lipinski definition) is 7. The van der Waals surface area contributed by atoms with Crippen LogP contribution in [-0.2, 0) is 4.74 Å². The number of aromatic nitrogens is 5. The first kappa shape index (κ1) is 11.6. The third kappa shape index (κ3) is 2.64. The minimum atomic E-state index is -0.570. The van der Waals surface area contributed by atoms with Gasteiger partial charge in [0.05, 0.1) is 11.1 Å². The molecule has 90 valence electrons. The van der Waals surface area contributed by atoms with Crippen LogP contribution >= 0.6 is 11.5 Å². The van der Waals surface area contributed by atoms with Crippen LogP contribution in [0.3, 0.4) is 0 Å². The molecule has 2 rings (SSSR count). The van der Waals surface area contributed by atoms with E-state index in [0.717, 1.165) is 11.5 Å². The molecule has 0 aliphatic heterocycles. The lowest BCUT2D eigenvalue weighted by Crippen LogP contribution is -2.24. The number of carbonyl (C=O) groups excluding carboxylic acids is 1. The van der Waals surface area contributed by atoms with Crippen molar-refractivity contribution in [2.45, 2.75) is 26.4 Å². The molecule has 17 heavy (non-hydrogen) atoms. The molecule has 8 heteroatoms. The summed E-state index contributed by atoms with van der Waals surface area (Å²) >= 11 is 1.14. The molecular formula is C9H11N5O2S. The molecule has 0 unspecified atom stereocenters. The van der Waals surface area contributed by atoms with Crippen molar-refractivity contribution in [3.63, 3.8) is 0 Å². The van der Waals surface area contributed by atoms with Crippen LogP contribution in [0.15, 0.2) is 6.20 Å². The summed E-state index contributed by atoms with van der Waals surface area (Å²) in [5, 5.41) is 13.8. The van der Waals surface area contributed by atoms with Gasteiger partial charge in [-0.2, -0.15) is 10.3 Å². The van der Waals surface area contributed by atoms with Crippen LogP contribution in [0.5, 0.6) is 0 Å². The third-order valence-corrected chi connectivity index (χ3v) is 2.41. The Morgan fingerprint density at radius 2 is 2.18 bits per heavy atom. The Morgan fingerprint density at radius 1 is 1.41 bits per heavy atom. The average molecular weight is 253 g/mol. The second-order valence-corrected chi connectivity index (χ2v) is 5.09. The summed E-state index contributed by atoms with van der Waals surface area (Å²) in [7, 11) is 0. The molecule has 0 radical (unpaired) electrons. The molecule has 0 aromatic carbocycles. The Labute approximate surface area is 101 Å². The molecule has 0 bridgehead atoms. The fourth-order valence-corrected chi connectivity index (χ4v) is 1.65. The lowest BCUT2D eigenvalue weighted by atomic mass is 10.2. The van der Waals surface area contributed by atoms with Crippen molar-refractivity contribution in [2.24, 2.45) is 0 Å². The Hall–Kier alpha value is -1.83. The van der Waals surface area contributed by atoms with Crippen molar-refractivity contribution in [1.29, 1.82) is 0 Å². The van der Waals surface area contributed by atoms with Crippen LogP contribution in [0.2, 0.25) is 0 Å². The highest BCUT2D eigenvalue weighted by Crippen LogP contribution is 2.23. The lowest BCUT2D eigenvalue weighted by Gasteiger charge is -2.18. The average Bonchev–Trinajstić information content (AvgIpc) is 2.85. The molecule has 0 atom stereocenters. The summed E-state index contributed by atoms with van der Waals surface area (Å²) in [4.78, 5) is 12.5. The number of rotatable bonds is 2. The highest BCUT2D eigenvalue weighted by Gasteiger charge is 2.25. The molecule has 0 aliphatic rings. The van der Waals surface area contributed by atoms with Crippen molar-refractivity contribution in [1.82, 2.24) is 25.0 Å². The van der Waals surface area contributed by atoms with E-state index in [1.807, 2.05) is 0 Å². The predicted molar refractivity (Wildman–Crippen MR) is 60.5 cm³/mol. The van der Waals surface area contributed by atoms with Crippen LogP contribution in [0.4, 0.5) is 0 Å². The van der Waals surface area contributed by atoms with Gasteiger partial charge in [0.1, 0.15) is 11.3 Å². The first-order valence-corrected chi connectivity index (χ1v) is 5.66. The first-order chi connectivity index (χ1) is 7.97. The maximum Gasteiger partial charge on any atom is 0.361 e. The van der Waals surface area contributed by atoms with Gasteiger partial charge in [0.2, 0.25) is 0 Å². The highest BCUT2D eigenvalue weighted by atomic mass is 32.1. The van der Waals surface area contributed by atoms with Crippen molar-refractivity contribution in [3.8, 4) is 10.6 Å². The Balaban J connectivity index is 2.29. The van der Waals surface area contributed by atoms with Crippen molar-refractivity contribution >= 4 is 17.5 Å². The number of nitrogens with one attached hydrogen (secondary N) is 1. The molecule has 2 aromatic heterocycles. The minimum Gasteiger partial charge on any atom is -0.455 e. The maximum absolute atomic E-state index is 11.9. The predicted octanol–water partition coefficient (Wildman–Crippen LogP) is 1.28. The summed E-state index contributed by atoms with van der Waals surface area (Å²) in [5.74, 6) is -0.519. The van der Waals surface area contributed by atoms with Gasteiger partial charge in [-0.05, 0) is 32.3 Å². The quantitative estimate of drug-likeness (QED) is 0.810. The van der Waals surface area contributed by atoms with E-state index < -0.39 is 11.6 Å². The zero-order valence-electron chi connectivity index (χ0n) is 9.59. The molecule has 0 saturated carbocycles. The van der Waals surface area contributed by atoms with E-state index in [-0.39, 0.29) is 5.69 Å². The number of H-pyrrole nitrogens is 1. The van der Waals surface area contributed by atoms with Gasteiger partial charge in [0.25, 0.3) is 0 Å². The van der Waals surface area contributed by atoms with Gasteiger partial charge in [-0.3, -0.25) is 0 Å². The minimum absolute atomic E-state index is 0.144. The maximum atomic E-state index is 11.9. The lowest BCUT2D eigenvalue weighted by molar-refractivity contribution is 0.00638. The van der Waals surface area contributed by atoms with E-state index >= 15 is 0 Å². The zero-order chi connectivity index (χ0) is 12.5. The van der Waals surface area contributed by atoms with E-state index in [0.29, 0.717) is 10.6 Å². The summed E-state index contributed by atoms with van der Waals surface area (Å²) in [6.07, 6.45) is 1.52. The topological polar surface area (TPSA) is 93.7 Å². The molecule has 2 aromatic rings. The van der Waals surface area contributed by atoms with Crippen LogP contribution < -0.4 is 0 Å². The molecule has 0 saturated heterocycles. The van der Waals surface area contributed by atoms with Crippen molar-refractivity contribution in [3.05, 3.63) is 11.9 Å². The number of esters is 1. The molecule has 0 amide bonds. The summed E-state index contributed by atoms with van der Waals surface area (Å²) in [6.45, 7) is 5.37. The largest absolute Gasteiger partial charge is 0.455 e. The smallest absolute Gasteiger partial charge is 0.361 e. The van der Waals surface area contributed by atoms with E-state index in [1.54, 1.807) is 20.8 Å². The molecule has 7 nitrogen and oxygen atoms in total. The molecule has 0 spiro atoms. The Kier molecular flexibility index (Phi) is 2.88. The normalized spacial score (nSPS) is 11.5. The number of hydrogen-bond donors (Lipinski definition) is 1. The van der Waals surface area contributed by atoms with Gasteiger partial charge < -0.3 is 4.74 Å². The summed E-state index contributed by atoms with van der Waals surface area (Å²) in [6, 6.07) is 0. The summed E-state index contributed by atoms with van der Waals surface area (Å²) in [5.41, 5.74) is -0.0144. The van der Waals surface area contributed by atoms with E-state index in [1.165, 1.54) is 6.20 Å². The highest BCUT2D eigenvalue weighted by molar-refractivity contribution is 7.09. The van der Waals surface area contributed by atoms with Gasteiger partial charge in [-0.25, -0.2) is 4.79 Å². The number of carbonyl (C=O) groups is 1. The molecule has 1 N–H and O–H groups in total. The Morgan fingerprint density at radius 3 is 2.76 bits per heavy atom. The molecular weight excluding hydrogens is 242 g/mol. The number of nitrogens with zero attached hydrogens (tertiary/aromatic N) is 4. The molecule has 2 heterocycles. The first-order valence-electron chi connectivity index (χ1n) is 4.89.